The maximum absolute atomic E-state index is 11.5. The lowest BCUT2D eigenvalue weighted by Gasteiger charge is -2.28. The van der Waals surface area contributed by atoms with Gasteiger partial charge in [-0.25, -0.2) is 4.79 Å². The van der Waals surface area contributed by atoms with Gasteiger partial charge in [0.15, 0.2) is 0 Å². The van der Waals surface area contributed by atoms with Crippen LogP contribution in [-0.2, 0) is 7.05 Å². The fourth-order valence-corrected chi connectivity index (χ4v) is 2.80. The van der Waals surface area contributed by atoms with Crippen LogP contribution in [0.25, 0.3) is 0 Å². The van der Waals surface area contributed by atoms with Gasteiger partial charge in [-0.05, 0) is 25.5 Å². The Hall–Kier alpha value is -2.01. The van der Waals surface area contributed by atoms with Gasteiger partial charge >= 0.3 is 5.97 Å². The number of hydrogen-bond acceptors (Lipinski definition) is 3. The van der Waals surface area contributed by atoms with Crippen LogP contribution in [0.1, 0.15) is 34.6 Å². The molecular formula is C15H18ClN3O2. The quantitative estimate of drug-likeness (QED) is 0.941. The van der Waals surface area contributed by atoms with Crippen LogP contribution < -0.4 is 4.90 Å². The highest BCUT2D eigenvalue weighted by Crippen LogP contribution is 2.32. The molecule has 0 radical (unpaired) electrons. The number of nitrogens with zero attached hydrogens (tertiary/aromatic N) is 3. The van der Waals surface area contributed by atoms with Crippen LogP contribution in [0.3, 0.4) is 0 Å². The average molecular weight is 308 g/mol. The third kappa shape index (κ3) is 2.74. The first-order chi connectivity index (χ1) is 9.84. The molecule has 0 aliphatic heterocycles. The third-order valence-corrected chi connectivity index (χ3v) is 4.02. The van der Waals surface area contributed by atoms with E-state index in [9.17, 15) is 9.90 Å². The number of hydrogen-bond donors (Lipinski definition) is 1. The molecule has 21 heavy (non-hydrogen) atoms. The van der Waals surface area contributed by atoms with Crippen molar-refractivity contribution in [3.05, 3.63) is 46.1 Å². The molecular weight excluding hydrogens is 290 g/mol. The van der Waals surface area contributed by atoms with Gasteiger partial charge in [-0.15, -0.1) is 0 Å². The molecule has 0 saturated carbocycles. The summed E-state index contributed by atoms with van der Waals surface area (Å²) in [6.07, 6.45) is 0. The fraction of sp³-hybridized carbons (Fsp3) is 0.333. The van der Waals surface area contributed by atoms with Crippen molar-refractivity contribution in [1.29, 1.82) is 0 Å². The molecule has 2 rings (SSSR count). The molecule has 1 aromatic heterocycles. The minimum absolute atomic E-state index is 0.0772. The first-order valence-electron chi connectivity index (χ1n) is 6.58. The summed E-state index contributed by atoms with van der Waals surface area (Å²) in [5.41, 5.74) is 1.66. The van der Waals surface area contributed by atoms with Crippen molar-refractivity contribution in [3.8, 4) is 0 Å². The molecule has 0 amide bonds. The van der Waals surface area contributed by atoms with Gasteiger partial charge in [0.2, 0.25) is 0 Å². The number of halogens is 1. The Labute approximate surface area is 128 Å². The van der Waals surface area contributed by atoms with Crippen molar-refractivity contribution in [1.82, 2.24) is 9.78 Å². The predicted octanol–water partition coefficient (Wildman–Crippen LogP) is 3.28. The van der Waals surface area contributed by atoms with Crippen molar-refractivity contribution in [2.75, 3.05) is 11.9 Å². The number of carboxylic acid groups (broad SMARTS) is 1. The normalized spacial score (nSPS) is 12.2. The second-order valence-electron chi connectivity index (χ2n) is 5.02. The zero-order valence-corrected chi connectivity index (χ0v) is 13.2. The average Bonchev–Trinajstić information content (AvgIpc) is 2.72. The van der Waals surface area contributed by atoms with Crippen LogP contribution in [0.5, 0.6) is 0 Å². The van der Waals surface area contributed by atoms with E-state index >= 15 is 0 Å². The van der Waals surface area contributed by atoms with E-state index in [1.807, 2.05) is 43.1 Å². The van der Waals surface area contributed by atoms with Crippen molar-refractivity contribution < 1.29 is 9.90 Å². The first-order valence-corrected chi connectivity index (χ1v) is 6.96. The number of anilines is 1. The Morgan fingerprint density at radius 3 is 2.62 bits per heavy atom. The van der Waals surface area contributed by atoms with E-state index in [-0.39, 0.29) is 11.6 Å². The van der Waals surface area contributed by atoms with Gasteiger partial charge < -0.3 is 10.0 Å². The monoisotopic (exact) mass is 307 g/mol. The number of carboxylic acids is 1. The van der Waals surface area contributed by atoms with Gasteiger partial charge in [-0.3, -0.25) is 4.68 Å². The van der Waals surface area contributed by atoms with Crippen LogP contribution in [0.15, 0.2) is 24.3 Å². The summed E-state index contributed by atoms with van der Waals surface area (Å²) in [7, 11) is 3.58. The van der Waals surface area contributed by atoms with E-state index in [1.54, 1.807) is 18.7 Å². The van der Waals surface area contributed by atoms with E-state index in [0.717, 1.165) is 5.56 Å². The van der Waals surface area contributed by atoms with Crippen LogP contribution >= 0.6 is 11.6 Å². The number of rotatable bonds is 4. The molecule has 0 aliphatic rings. The molecule has 1 heterocycles. The number of benzene rings is 1. The molecule has 2 aromatic rings. The van der Waals surface area contributed by atoms with Gasteiger partial charge in [-0.2, -0.15) is 5.10 Å². The zero-order valence-electron chi connectivity index (χ0n) is 12.5. The second kappa shape index (κ2) is 5.77. The van der Waals surface area contributed by atoms with Gasteiger partial charge in [0.1, 0.15) is 11.4 Å². The molecule has 0 fully saturated rings. The van der Waals surface area contributed by atoms with Crippen LogP contribution in [0, 0.1) is 6.92 Å². The van der Waals surface area contributed by atoms with Crippen molar-refractivity contribution >= 4 is 23.4 Å². The summed E-state index contributed by atoms with van der Waals surface area (Å²) >= 11 is 6.23. The lowest BCUT2D eigenvalue weighted by molar-refractivity contribution is 0.0696. The summed E-state index contributed by atoms with van der Waals surface area (Å²) in [5, 5.41) is 14.3. The fourth-order valence-electron chi connectivity index (χ4n) is 2.51. The largest absolute Gasteiger partial charge is 0.477 e. The molecule has 1 unspecified atom stereocenters. The minimum atomic E-state index is -0.978. The van der Waals surface area contributed by atoms with E-state index < -0.39 is 5.97 Å². The Balaban J connectivity index is 2.48. The highest BCUT2D eigenvalue weighted by atomic mass is 35.5. The summed E-state index contributed by atoms with van der Waals surface area (Å²) in [6.45, 7) is 3.68. The standard InChI is InChI=1S/C15H18ClN3O2/c1-9-13(15(20)21)14(19(4)17-9)18(3)10(2)11-7-5-6-8-12(11)16/h5-8,10H,1-4H3,(H,20,21). The Morgan fingerprint density at radius 1 is 1.43 bits per heavy atom. The maximum atomic E-state index is 11.5. The van der Waals surface area contributed by atoms with E-state index in [1.165, 1.54) is 0 Å². The summed E-state index contributed by atoms with van der Waals surface area (Å²) < 4.78 is 1.59. The van der Waals surface area contributed by atoms with Gasteiger partial charge in [0, 0.05) is 19.1 Å². The van der Waals surface area contributed by atoms with Gasteiger partial charge in [-0.1, -0.05) is 29.8 Å². The highest BCUT2D eigenvalue weighted by molar-refractivity contribution is 6.31. The molecule has 112 valence electrons. The molecule has 6 heteroatoms. The molecule has 0 aliphatic carbocycles. The highest BCUT2D eigenvalue weighted by Gasteiger charge is 2.26. The molecule has 1 N–H and O–H groups in total. The Morgan fingerprint density at radius 2 is 2.05 bits per heavy atom. The molecule has 5 nitrogen and oxygen atoms in total. The van der Waals surface area contributed by atoms with Crippen molar-refractivity contribution in [2.24, 2.45) is 7.05 Å². The lowest BCUT2D eigenvalue weighted by atomic mass is 10.1. The molecule has 0 bridgehead atoms. The van der Waals surface area contributed by atoms with Gasteiger partial charge in [0.25, 0.3) is 0 Å². The van der Waals surface area contributed by atoms with Crippen LogP contribution in [0.4, 0.5) is 5.82 Å². The number of aryl methyl sites for hydroxylation is 2. The van der Waals surface area contributed by atoms with Crippen molar-refractivity contribution in [3.63, 3.8) is 0 Å². The number of carbonyl (C=O) groups is 1. The van der Waals surface area contributed by atoms with Crippen LogP contribution in [-0.4, -0.2) is 27.9 Å². The molecule has 0 saturated heterocycles. The Kier molecular flexibility index (Phi) is 4.23. The first kappa shape index (κ1) is 15.4. The second-order valence-corrected chi connectivity index (χ2v) is 5.43. The third-order valence-electron chi connectivity index (χ3n) is 3.68. The maximum Gasteiger partial charge on any atom is 0.341 e. The van der Waals surface area contributed by atoms with E-state index in [2.05, 4.69) is 5.10 Å². The lowest BCUT2D eigenvalue weighted by Crippen LogP contribution is -2.26. The minimum Gasteiger partial charge on any atom is -0.477 e. The van der Waals surface area contributed by atoms with Gasteiger partial charge in [0.05, 0.1) is 11.7 Å². The van der Waals surface area contributed by atoms with E-state index in [0.29, 0.717) is 16.5 Å². The molecule has 1 atom stereocenters. The smallest absolute Gasteiger partial charge is 0.341 e. The predicted molar refractivity (Wildman–Crippen MR) is 83.2 cm³/mol. The summed E-state index contributed by atoms with van der Waals surface area (Å²) in [5.74, 6) is -0.416. The molecule has 0 spiro atoms. The number of aromatic carboxylic acids is 1. The summed E-state index contributed by atoms with van der Waals surface area (Å²) in [4.78, 5) is 13.4. The Bertz CT molecular complexity index is 682. The number of aromatic nitrogens is 2. The van der Waals surface area contributed by atoms with Crippen LogP contribution in [0.2, 0.25) is 5.02 Å². The SMILES string of the molecule is Cc1nn(C)c(N(C)C(C)c2ccccc2Cl)c1C(=O)O. The zero-order chi connectivity index (χ0) is 15.7. The topological polar surface area (TPSA) is 58.4 Å². The molecule has 1 aromatic carbocycles. The summed E-state index contributed by atoms with van der Waals surface area (Å²) in [6, 6.07) is 7.47. The van der Waals surface area contributed by atoms with E-state index in [4.69, 9.17) is 11.6 Å². The van der Waals surface area contributed by atoms with Crippen molar-refractivity contribution in [2.45, 2.75) is 19.9 Å².